The number of carbonyl (C=O) groups is 1. The molecule has 19 heavy (non-hydrogen) atoms. The fourth-order valence-corrected chi connectivity index (χ4v) is 1.72. The van der Waals surface area contributed by atoms with Crippen molar-refractivity contribution in [3.05, 3.63) is 60.2 Å². The molecule has 0 saturated heterocycles. The van der Waals surface area contributed by atoms with Gasteiger partial charge in [-0.2, -0.15) is 4.89 Å². The van der Waals surface area contributed by atoms with E-state index in [2.05, 4.69) is 0 Å². The van der Waals surface area contributed by atoms with Crippen molar-refractivity contribution in [2.45, 2.75) is 20.0 Å². The second-order valence-electron chi connectivity index (χ2n) is 4.43. The Labute approximate surface area is 112 Å². The van der Waals surface area contributed by atoms with Gasteiger partial charge in [-0.15, -0.1) is 0 Å². The van der Waals surface area contributed by atoms with E-state index in [-0.39, 0.29) is 6.10 Å². The summed E-state index contributed by atoms with van der Waals surface area (Å²) in [5, 5.41) is 0. The topological polar surface area (TPSA) is 35.5 Å². The van der Waals surface area contributed by atoms with Crippen LogP contribution in [-0.2, 0) is 9.78 Å². The summed E-state index contributed by atoms with van der Waals surface area (Å²) in [7, 11) is 0. The van der Waals surface area contributed by atoms with Gasteiger partial charge >= 0.3 is 5.97 Å². The predicted octanol–water partition coefficient (Wildman–Crippen LogP) is 3.85. The van der Waals surface area contributed by atoms with E-state index in [1.165, 1.54) is 0 Å². The van der Waals surface area contributed by atoms with Crippen LogP contribution in [0, 0.1) is 0 Å². The molecule has 0 unspecified atom stereocenters. The van der Waals surface area contributed by atoms with E-state index in [1.54, 1.807) is 26.0 Å². The Morgan fingerprint density at radius 1 is 0.947 bits per heavy atom. The maximum atomic E-state index is 12.0. The Kier molecular flexibility index (Phi) is 4.31. The summed E-state index contributed by atoms with van der Waals surface area (Å²) in [5.74, 6) is -0.479. The average Bonchev–Trinajstić information content (AvgIpc) is 2.45. The molecule has 0 N–H and O–H groups in total. The Balaban J connectivity index is 2.29. The number of carbonyl (C=O) groups excluding carboxylic acids is 1. The van der Waals surface area contributed by atoms with Crippen molar-refractivity contribution >= 4 is 5.97 Å². The molecule has 0 atom stereocenters. The van der Waals surface area contributed by atoms with Crippen molar-refractivity contribution in [2.75, 3.05) is 0 Å². The van der Waals surface area contributed by atoms with E-state index in [4.69, 9.17) is 9.78 Å². The molecule has 0 aliphatic heterocycles. The Morgan fingerprint density at radius 3 is 2.26 bits per heavy atom. The highest BCUT2D eigenvalue weighted by atomic mass is 17.2. The van der Waals surface area contributed by atoms with E-state index in [1.807, 2.05) is 42.5 Å². The molecule has 0 spiro atoms. The molecule has 2 rings (SSSR count). The smallest absolute Gasteiger partial charge is 0.293 e. The fourth-order valence-electron chi connectivity index (χ4n) is 1.72. The molecule has 0 aliphatic rings. The zero-order valence-electron chi connectivity index (χ0n) is 11.0. The summed E-state index contributed by atoms with van der Waals surface area (Å²) in [6, 6.07) is 17.0. The lowest BCUT2D eigenvalue weighted by Gasteiger charge is -2.10. The first kappa shape index (κ1) is 13.3. The zero-order chi connectivity index (χ0) is 13.7. The van der Waals surface area contributed by atoms with Gasteiger partial charge in [-0.3, -0.25) is 4.89 Å². The van der Waals surface area contributed by atoms with Crippen molar-refractivity contribution in [1.29, 1.82) is 0 Å². The van der Waals surface area contributed by atoms with E-state index >= 15 is 0 Å². The molecule has 0 amide bonds. The third-order valence-electron chi connectivity index (χ3n) is 2.55. The largest absolute Gasteiger partial charge is 0.373 e. The molecule has 0 aliphatic carbocycles. The highest BCUT2D eigenvalue weighted by Gasteiger charge is 2.15. The van der Waals surface area contributed by atoms with Crippen molar-refractivity contribution in [3.8, 4) is 11.1 Å². The van der Waals surface area contributed by atoms with Crippen LogP contribution in [-0.4, -0.2) is 12.1 Å². The number of rotatable bonds is 4. The molecule has 3 nitrogen and oxygen atoms in total. The molecular formula is C16H16O3. The summed E-state index contributed by atoms with van der Waals surface area (Å²) in [6.45, 7) is 3.60. The van der Waals surface area contributed by atoms with Crippen LogP contribution in [0.1, 0.15) is 24.2 Å². The number of hydrogen-bond acceptors (Lipinski definition) is 3. The lowest BCUT2D eigenvalue weighted by molar-refractivity contribution is -0.265. The van der Waals surface area contributed by atoms with Crippen molar-refractivity contribution in [3.63, 3.8) is 0 Å². The summed E-state index contributed by atoms with van der Waals surface area (Å²) in [4.78, 5) is 21.7. The van der Waals surface area contributed by atoms with Crippen molar-refractivity contribution in [2.24, 2.45) is 0 Å². The molecule has 3 heteroatoms. The van der Waals surface area contributed by atoms with E-state index in [0.29, 0.717) is 5.56 Å². The van der Waals surface area contributed by atoms with Crippen LogP contribution in [0.3, 0.4) is 0 Å². The predicted molar refractivity (Wildman–Crippen MR) is 73.5 cm³/mol. The number of benzene rings is 2. The van der Waals surface area contributed by atoms with Crippen LogP contribution in [0.5, 0.6) is 0 Å². The molecular weight excluding hydrogens is 240 g/mol. The molecule has 98 valence electrons. The van der Waals surface area contributed by atoms with Gasteiger partial charge in [0.25, 0.3) is 0 Å². The molecule has 0 aromatic heterocycles. The fraction of sp³-hybridized carbons (Fsp3) is 0.188. The summed E-state index contributed by atoms with van der Waals surface area (Å²) in [6.07, 6.45) is -0.159. The van der Waals surface area contributed by atoms with Gasteiger partial charge in [0.1, 0.15) is 0 Å². The zero-order valence-corrected chi connectivity index (χ0v) is 11.0. The van der Waals surface area contributed by atoms with E-state index in [9.17, 15) is 4.79 Å². The van der Waals surface area contributed by atoms with E-state index < -0.39 is 5.97 Å². The highest BCUT2D eigenvalue weighted by molar-refractivity contribution is 5.96. The molecule has 0 heterocycles. The molecule has 0 fully saturated rings. The monoisotopic (exact) mass is 256 g/mol. The molecule has 0 bridgehead atoms. The second kappa shape index (κ2) is 6.16. The minimum absolute atomic E-state index is 0.159. The van der Waals surface area contributed by atoms with Crippen LogP contribution in [0.25, 0.3) is 11.1 Å². The first-order valence-corrected chi connectivity index (χ1v) is 6.20. The molecule has 0 radical (unpaired) electrons. The van der Waals surface area contributed by atoms with Crippen molar-refractivity contribution < 1.29 is 14.6 Å². The van der Waals surface area contributed by atoms with Gasteiger partial charge in [0.2, 0.25) is 0 Å². The van der Waals surface area contributed by atoms with Crippen molar-refractivity contribution in [1.82, 2.24) is 0 Å². The average molecular weight is 256 g/mol. The first-order valence-electron chi connectivity index (χ1n) is 6.20. The molecule has 2 aromatic rings. The van der Waals surface area contributed by atoms with Gasteiger partial charge in [0.15, 0.2) is 0 Å². The minimum Gasteiger partial charge on any atom is -0.293 e. The molecule has 2 aromatic carbocycles. The molecule has 0 saturated carbocycles. The van der Waals surface area contributed by atoms with Gasteiger partial charge in [0.05, 0.1) is 11.7 Å². The minimum atomic E-state index is -0.479. The van der Waals surface area contributed by atoms with Crippen LogP contribution < -0.4 is 0 Å². The Morgan fingerprint density at radius 2 is 1.58 bits per heavy atom. The lowest BCUT2D eigenvalue weighted by atomic mass is 10.00. The van der Waals surface area contributed by atoms with Gasteiger partial charge < -0.3 is 0 Å². The van der Waals surface area contributed by atoms with Gasteiger partial charge in [-0.05, 0) is 31.0 Å². The summed E-state index contributed by atoms with van der Waals surface area (Å²) < 4.78 is 0. The maximum Gasteiger partial charge on any atom is 0.373 e. The van der Waals surface area contributed by atoms with Crippen LogP contribution in [0.15, 0.2) is 54.6 Å². The Hall–Kier alpha value is -2.13. The summed E-state index contributed by atoms with van der Waals surface area (Å²) >= 11 is 0. The van der Waals surface area contributed by atoms with Crippen LogP contribution in [0.4, 0.5) is 0 Å². The number of hydrogen-bond donors (Lipinski definition) is 0. The normalized spacial score (nSPS) is 10.5. The second-order valence-corrected chi connectivity index (χ2v) is 4.43. The third-order valence-corrected chi connectivity index (χ3v) is 2.55. The highest BCUT2D eigenvalue weighted by Crippen LogP contribution is 2.24. The summed E-state index contributed by atoms with van der Waals surface area (Å²) in [5.41, 5.74) is 2.30. The van der Waals surface area contributed by atoms with Gasteiger partial charge in [-0.25, -0.2) is 4.79 Å². The SMILES string of the molecule is CC(C)OOC(=O)c1ccccc1-c1ccccc1. The standard InChI is InChI=1S/C16H16O3/c1-12(2)18-19-16(17)15-11-7-6-10-14(15)13-8-4-3-5-9-13/h3-12H,1-2H3. The van der Waals surface area contributed by atoms with Crippen LogP contribution in [0.2, 0.25) is 0 Å². The maximum absolute atomic E-state index is 12.0. The third kappa shape index (κ3) is 3.42. The van der Waals surface area contributed by atoms with Gasteiger partial charge in [-0.1, -0.05) is 48.5 Å². The quantitative estimate of drug-likeness (QED) is 0.615. The Bertz CT molecular complexity index is 547. The first-order chi connectivity index (χ1) is 9.18. The van der Waals surface area contributed by atoms with E-state index in [0.717, 1.165) is 11.1 Å². The van der Waals surface area contributed by atoms with Gasteiger partial charge in [0, 0.05) is 0 Å². The lowest BCUT2D eigenvalue weighted by Crippen LogP contribution is -2.11. The van der Waals surface area contributed by atoms with Crippen LogP contribution >= 0.6 is 0 Å².